The van der Waals surface area contributed by atoms with E-state index >= 15 is 0 Å². The van der Waals surface area contributed by atoms with E-state index in [0.29, 0.717) is 11.6 Å². The zero-order chi connectivity index (χ0) is 24.0. The van der Waals surface area contributed by atoms with Crippen LogP contribution in [0.25, 0.3) is 11.1 Å². The Bertz CT molecular complexity index is 1260. The van der Waals surface area contributed by atoms with Gasteiger partial charge in [-0.2, -0.15) is 0 Å². The fraction of sp³-hybridized carbons (Fsp3) is 0.276. The van der Waals surface area contributed by atoms with Crippen LogP contribution in [0, 0.1) is 0 Å². The molecule has 0 radical (unpaired) electrons. The van der Waals surface area contributed by atoms with Crippen LogP contribution in [0.1, 0.15) is 52.3 Å². The monoisotopic (exact) mass is 482 g/mol. The lowest BCUT2D eigenvalue weighted by atomic mass is 9.97. The highest BCUT2D eigenvalue weighted by molar-refractivity contribution is 7.10. The third kappa shape index (κ3) is 5.66. The van der Waals surface area contributed by atoms with Gasteiger partial charge in [0.25, 0.3) is 5.91 Å². The van der Waals surface area contributed by atoms with Gasteiger partial charge in [0.15, 0.2) is 0 Å². The first kappa shape index (κ1) is 23.4. The molecule has 1 aliphatic heterocycles. The van der Waals surface area contributed by atoms with Gasteiger partial charge in [-0.05, 0) is 61.2 Å². The van der Waals surface area contributed by atoms with Gasteiger partial charge in [-0.25, -0.2) is 4.98 Å². The number of rotatable bonds is 7. The molecule has 1 fully saturated rings. The van der Waals surface area contributed by atoms with Crippen LogP contribution in [0.5, 0.6) is 0 Å². The molecule has 178 valence electrons. The van der Waals surface area contributed by atoms with E-state index in [9.17, 15) is 4.79 Å². The number of nitrogens with one attached hydrogen (secondary N) is 1. The average Bonchev–Trinajstić information content (AvgIpc) is 3.41. The summed E-state index contributed by atoms with van der Waals surface area (Å²) in [5, 5.41) is 6.06. The van der Waals surface area contributed by atoms with E-state index in [-0.39, 0.29) is 5.91 Å². The van der Waals surface area contributed by atoms with Gasteiger partial charge in [-0.3, -0.25) is 14.7 Å². The van der Waals surface area contributed by atoms with Gasteiger partial charge in [0, 0.05) is 41.5 Å². The number of likely N-dealkylation sites (tertiary alicyclic amines) is 1. The molecule has 1 amide bonds. The number of aryl methyl sites for hydroxylation is 1. The standard InChI is InChI=1S/C29H30N4OS/c1-2-21-9-11-23(12-10-21)25-7-3-4-8-26(25)31-28(34)27-20-35-29(32-27)24-13-16-33(17-14-24)19-22-6-5-15-30-18-22/h3-12,15,18,20,24H,2,13-14,16-17,19H2,1H3,(H,31,34). The molecular weight excluding hydrogens is 452 g/mol. The van der Waals surface area contributed by atoms with Gasteiger partial charge in [0.05, 0.1) is 5.01 Å². The molecule has 35 heavy (non-hydrogen) atoms. The minimum Gasteiger partial charge on any atom is -0.320 e. The van der Waals surface area contributed by atoms with E-state index in [1.54, 1.807) is 11.3 Å². The summed E-state index contributed by atoms with van der Waals surface area (Å²) in [4.78, 5) is 24.5. The van der Waals surface area contributed by atoms with Crippen molar-refractivity contribution in [2.24, 2.45) is 0 Å². The Morgan fingerprint density at radius 2 is 1.83 bits per heavy atom. The summed E-state index contributed by atoms with van der Waals surface area (Å²) in [6, 6.07) is 20.6. The molecule has 1 N–H and O–H groups in total. The predicted octanol–water partition coefficient (Wildman–Crippen LogP) is 6.40. The maximum absolute atomic E-state index is 13.1. The molecule has 0 spiro atoms. The van der Waals surface area contributed by atoms with Crippen LogP contribution in [0.2, 0.25) is 0 Å². The molecule has 2 aromatic carbocycles. The highest BCUT2D eigenvalue weighted by Crippen LogP contribution is 2.32. The maximum Gasteiger partial charge on any atom is 0.275 e. The normalized spacial score (nSPS) is 14.7. The first-order valence-corrected chi connectivity index (χ1v) is 13.1. The van der Waals surface area contributed by atoms with E-state index < -0.39 is 0 Å². The van der Waals surface area contributed by atoms with Crippen LogP contribution < -0.4 is 5.32 Å². The van der Waals surface area contributed by atoms with Gasteiger partial charge in [0.2, 0.25) is 0 Å². The molecule has 1 saturated heterocycles. The molecule has 0 bridgehead atoms. The lowest BCUT2D eigenvalue weighted by molar-refractivity contribution is 0.102. The maximum atomic E-state index is 13.1. The molecule has 1 aliphatic rings. The Balaban J connectivity index is 1.22. The molecule has 3 heterocycles. The van der Waals surface area contributed by atoms with Gasteiger partial charge < -0.3 is 5.32 Å². The number of amides is 1. The van der Waals surface area contributed by atoms with Gasteiger partial charge in [-0.15, -0.1) is 11.3 Å². The number of para-hydroxylation sites is 1. The second-order valence-corrected chi connectivity index (χ2v) is 9.92. The predicted molar refractivity (Wildman–Crippen MR) is 143 cm³/mol. The number of thiazole rings is 1. The number of aromatic nitrogens is 2. The SMILES string of the molecule is CCc1ccc(-c2ccccc2NC(=O)c2csc(C3CCN(Cc4cccnc4)CC3)n2)cc1. The number of anilines is 1. The molecule has 5 rings (SSSR count). The molecule has 0 aliphatic carbocycles. The summed E-state index contributed by atoms with van der Waals surface area (Å²) in [5.74, 6) is 0.259. The molecule has 6 heteroatoms. The van der Waals surface area contributed by atoms with Crippen molar-refractivity contribution in [3.05, 3.63) is 100 Å². The lowest BCUT2D eigenvalue weighted by Gasteiger charge is -2.30. The first-order chi connectivity index (χ1) is 17.2. The Kier molecular flexibility index (Phi) is 7.31. The summed E-state index contributed by atoms with van der Waals surface area (Å²) in [6.07, 6.45) is 6.88. The molecule has 0 unspecified atom stereocenters. The van der Waals surface area contributed by atoms with E-state index in [0.717, 1.165) is 60.7 Å². The molecule has 4 aromatic rings. The first-order valence-electron chi connectivity index (χ1n) is 12.3. The number of piperidine rings is 1. The number of pyridine rings is 1. The van der Waals surface area contributed by atoms with Gasteiger partial charge >= 0.3 is 0 Å². The lowest BCUT2D eigenvalue weighted by Crippen LogP contribution is -2.32. The highest BCUT2D eigenvalue weighted by atomic mass is 32.1. The van der Waals surface area contributed by atoms with Crippen molar-refractivity contribution in [1.29, 1.82) is 0 Å². The van der Waals surface area contributed by atoms with Crippen LogP contribution in [0.4, 0.5) is 5.69 Å². The summed E-state index contributed by atoms with van der Waals surface area (Å²) in [6.45, 7) is 5.15. The molecule has 2 aromatic heterocycles. The van der Waals surface area contributed by atoms with Crippen molar-refractivity contribution >= 4 is 22.9 Å². The zero-order valence-electron chi connectivity index (χ0n) is 20.0. The van der Waals surface area contributed by atoms with Crippen LogP contribution in [0.3, 0.4) is 0 Å². The van der Waals surface area contributed by atoms with Crippen molar-refractivity contribution in [1.82, 2.24) is 14.9 Å². The van der Waals surface area contributed by atoms with Gasteiger partial charge in [-0.1, -0.05) is 55.5 Å². The molecule has 0 atom stereocenters. The third-order valence-electron chi connectivity index (χ3n) is 6.67. The van der Waals surface area contributed by atoms with E-state index in [4.69, 9.17) is 4.98 Å². The average molecular weight is 483 g/mol. The topological polar surface area (TPSA) is 58.1 Å². The number of carbonyl (C=O) groups is 1. The molecule has 5 nitrogen and oxygen atoms in total. The van der Waals surface area contributed by atoms with E-state index in [1.807, 2.05) is 48.1 Å². The van der Waals surface area contributed by atoms with Crippen LogP contribution >= 0.6 is 11.3 Å². The second-order valence-electron chi connectivity index (χ2n) is 9.03. The van der Waals surface area contributed by atoms with Crippen LogP contribution in [0.15, 0.2) is 78.4 Å². The van der Waals surface area contributed by atoms with Crippen LogP contribution in [-0.2, 0) is 13.0 Å². The molecular formula is C29H30N4OS. The number of benzene rings is 2. The number of hydrogen-bond acceptors (Lipinski definition) is 5. The number of carbonyl (C=O) groups excluding carboxylic acids is 1. The smallest absolute Gasteiger partial charge is 0.275 e. The zero-order valence-corrected chi connectivity index (χ0v) is 20.8. The fourth-order valence-corrected chi connectivity index (χ4v) is 5.59. The summed E-state index contributed by atoms with van der Waals surface area (Å²) in [5.41, 5.74) is 5.96. The third-order valence-corrected chi connectivity index (χ3v) is 7.68. The summed E-state index contributed by atoms with van der Waals surface area (Å²) in [7, 11) is 0. The Morgan fingerprint density at radius 1 is 1.03 bits per heavy atom. The Hall–Kier alpha value is -3.35. The van der Waals surface area contributed by atoms with Crippen LogP contribution in [-0.4, -0.2) is 33.9 Å². The largest absolute Gasteiger partial charge is 0.320 e. The quantitative estimate of drug-likeness (QED) is 0.331. The summed E-state index contributed by atoms with van der Waals surface area (Å²) >= 11 is 1.60. The van der Waals surface area contributed by atoms with E-state index in [2.05, 4.69) is 52.5 Å². The highest BCUT2D eigenvalue weighted by Gasteiger charge is 2.24. The number of hydrogen-bond donors (Lipinski definition) is 1. The van der Waals surface area contributed by atoms with Gasteiger partial charge in [0.1, 0.15) is 5.69 Å². The van der Waals surface area contributed by atoms with Crippen molar-refractivity contribution in [2.45, 2.75) is 38.6 Å². The van der Waals surface area contributed by atoms with Crippen molar-refractivity contribution < 1.29 is 4.79 Å². The fourth-order valence-electron chi connectivity index (χ4n) is 4.62. The minimum atomic E-state index is -0.154. The molecule has 0 saturated carbocycles. The van der Waals surface area contributed by atoms with Crippen molar-refractivity contribution in [2.75, 3.05) is 18.4 Å². The van der Waals surface area contributed by atoms with Crippen molar-refractivity contribution in [3.8, 4) is 11.1 Å². The van der Waals surface area contributed by atoms with E-state index in [1.165, 1.54) is 11.1 Å². The summed E-state index contributed by atoms with van der Waals surface area (Å²) < 4.78 is 0. The Morgan fingerprint density at radius 3 is 2.57 bits per heavy atom. The second kappa shape index (κ2) is 10.9. The minimum absolute atomic E-state index is 0.154. The Labute approximate surface area is 210 Å². The number of nitrogens with zero attached hydrogens (tertiary/aromatic N) is 3. The van der Waals surface area contributed by atoms with Crippen molar-refractivity contribution in [3.63, 3.8) is 0 Å².